The number of hydrogen-bond acceptors (Lipinski definition) is 2. The Labute approximate surface area is 110 Å². The molecule has 0 atom stereocenters. The van der Waals surface area contributed by atoms with Crippen molar-refractivity contribution in [3.63, 3.8) is 0 Å². The van der Waals surface area contributed by atoms with E-state index in [9.17, 15) is 4.39 Å². The van der Waals surface area contributed by atoms with Crippen LogP contribution in [-0.2, 0) is 6.42 Å². The second kappa shape index (κ2) is 6.86. The fourth-order valence-corrected chi connectivity index (χ4v) is 1.75. The average Bonchev–Trinajstić information content (AvgIpc) is 2.25. The van der Waals surface area contributed by atoms with Crippen molar-refractivity contribution < 1.29 is 4.39 Å². The van der Waals surface area contributed by atoms with Crippen LogP contribution in [0.25, 0.3) is 0 Å². The van der Waals surface area contributed by atoms with Crippen molar-refractivity contribution >= 4 is 0 Å². The summed E-state index contributed by atoms with van der Waals surface area (Å²) in [5.41, 5.74) is 1.23. The van der Waals surface area contributed by atoms with Crippen LogP contribution in [0.1, 0.15) is 26.3 Å². The van der Waals surface area contributed by atoms with Crippen LogP contribution >= 0.6 is 0 Å². The Morgan fingerprint density at radius 1 is 1.22 bits per heavy atom. The Hall–Kier alpha value is -0.930. The fraction of sp³-hybridized carbons (Fsp3) is 0.600. The molecule has 0 heterocycles. The van der Waals surface area contributed by atoms with Crippen LogP contribution in [0.2, 0.25) is 0 Å². The fourth-order valence-electron chi connectivity index (χ4n) is 1.75. The third-order valence-electron chi connectivity index (χ3n) is 2.82. The molecule has 0 aliphatic rings. The average molecular weight is 252 g/mol. The van der Waals surface area contributed by atoms with Gasteiger partial charge in [-0.1, -0.05) is 12.1 Å². The van der Waals surface area contributed by atoms with Crippen molar-refractivity contribution in [1.82, 2.24) is 10.2 Å². The Bertz CT molecular complexity index is 358. The van der Waals surface area contributed by atoms with Gasteiger partial charge in [0.1, 0.15) is 5.82 Å². The molecule has 0 saturated heterocycles. The molecule has 1 aromatic carbocycles. The highest BCUT2D eigenvalue weighted by molar-refractivity contribution is 5.16. The van der Waals surface area contributed by atoms with Gasteiger partial charge in [0.2, 0.25) is 0 Å². The maximum atomic E-state index is 13.0. The Morgan fingerprint density at radius 2 is 1.94 bits per heavy atom. The molecule has 0 amide bonds. The van der Waals surface area contributed by atoms with E-state index >= 15 is 0 Å². The van der Waals surface area contributed by atoms with Crippen molar-refractivity contribution in [1.29, 1.82) is 0 Å². The first kappa shape index (κ1) is 15.1. The van der Waals surface area contributed by atoms with Gasteiger partial charge in [0.15, 0.2) is 0 Å². The molecule has 0 spiro atoms. The third-order valence-corrected chi connectivity index (χ3v) is 2.82. The van der Waals surface area contributed by atoms with Gasteiger partial charge in [0.25, 0.3) is 0 Å². The largest absolute Gasteiger partial charge is 0.311 e. The van der Waals surface area contributed by atoms with Gasteiger partial charge in [0, 0.05) is 25.2 Å². The summed E-state index contributed by atoms with van der Waals surface area (Å²) in [7, 11) is 2.10. The monoisotopic (exact) mass is 252 g/mol. The summed E-state index contributed by atoms with van der Waals surface area (Å²) in [5, 5.41) is 3.46. The summed E-state index contributed by atoms with van der Waals surface area (Å²) < 4.78 is 13.0. The number of hydrogen-bond donors (Lipinski definition) is 1. The molecule has 1 rings (SSSR count). The minimum atomic E-state index is -0.149. The standard InChI is InChI=1S/C15H25FN2/c1-15(2,3)17-9-11-18(4)10-8-13-6-5-7-14(16)12-13/h5-7,12,17H,8-11H2,1-4H3. The van der Waals surface area contributed by atoms with Crippen molar-refractivity contribution in [2.24, 2.45) is 0 Å². The van der Waals surface area contributed by atoms with E-state index in [1.54, 1.807) is 12.1 Å². The van der Waals surface area contributed by atoms with Crippen LogP contribution in [0.15, 0.2) is 24.3 Å². The first-order chi connectivity index (χ1) is 8.37. The van der Waals surface area contributed by atoms with Gasteiger partial charge < -0.3 is 10.2 Å². The van der Waals surface area contributed by atoms with Crippen LogP contribution in [0, 0.1) is 5.82 Å². The molecule has 0 saturated carbocycles. The molecule has 0 aliphatic carbocycles. The smallest absolute Gasteiger partial charge is 0.123 e. The molecule has 2 nitrogen and oxygen atoms in total. The lowest BCUT2D eigenvalue weighted by Crippen LogP contribution is -2.40. The number of nitrogens with one attached hydrogen (secondary N) is 1. The lowest BCUT2D eigenvalue weighted by molar-refractivity contribution is 0.312. The van der Waals surface area contributed by atoms with Crippen LogP contribution in [0.4, 0.5) is 4.39 Å². The summed E-state index contributed by atoms with van der Waals surface area (Å²) in [6, 6.07) is 6.85. The highest BCUT2D eigenvalue weighted by atomic mass is 19.1. The van der Waals surface area contributed by atoms with Crippen molar-refractivity contribution in [3.05, 3.63) is 35.6 Å². The van der Waals surface area contributed by atoms with Crippen molar-refractivity contribution in [3.8, 4) is 0 Å². The zero-order valence-corrected chi connectivity index (χ0v) is 12.0. The van der Waals surface area contributed by atoms with E-state index in [0.29, 0.717) is 0 Å². The maximum Gasteiger partial charge on any atom is 0.123 e. The molecule has 0 bridgehead atoms. The molecule has 0 aromatic heterocycles. The van der Waals surface area contributed by atoms with Crippen LogP contribution < -0.4 is 5.32 Å². The molecule has 0 fully saturated rings. The maximum absolute atomic E-state index is 13.0. The van der Waals surface area contributed by atoms with Gasteiger partial charge in [-0.05, 0) is 51.9 Å². The molecule has 0 unspecified atom stereocenters. The van der Waals surface area contributed by atoms with E-state index in [4.69, 9.17) is 0 Å². The van der Waals surface area contributed by atoms with E-state index < -0.39 is 0 Å². The zero-order valence-electron chi connectivity index (χ0n) is 12.0. The molecule has 3 heteroatoms. The molecular weight excluding hydrogens is 227 g/mol. The van der Waals surface area contributed by atoms with Gasteiger partial charge in [0.05, 0.1) is 0 Å². The summed E-state index contributed by atoms with van der Waals surface area (Å²) in [4.78, 5) is 2.27. The van der Waals surface area contributed by atoms with Crippen molar-refractivity contribution in [2.75, 3.05) is 26.7 Å². The van der Waals surface area contributed by atoms with E-state index in [2.05, 4.69) is 38.0 Å². The minimum Gasteiger partial charge on any atom is -0.311 e. The molecule has 1 N–H and O–H groups in total. The molecule has 18 heavy (non-hydrogen) atoms. The highest BCUT2D eigenvalue weighted by Crippen LogP contribution is 2.04. The minimum absolute atomic E-state index is 0.149. The number of nitrogens with zero attached hydrogens (tertiary/aromatic N) is 1. The molecular formula is C15H25FN2. The SMILES string of the molecule is CN(CCNC(C)(C)C)CCc1cccc(F)c1. The molecule has 0 radical (unpaired) electrons. The highest BCUT2D eigenvalue weighted by Gasteiger charge is 2.08. The summed E-state index contributed by atoms with van der Waals surface area (Å²) in [6.07, 6.45) is 0.893. The van der Waals surface area contributed by atoms with E-state index in [1.165, 1.54) is 6.07 Å². The zero-order chi connectivity index (χ0) is 13.6. The molecule has 1 aromatic rings. The number of likely N-dealkylation sites (N-methyl/N-ethyl adjacent to an activating group) is 1. The predicted molar refractivity (Wildman–Crippen MR) is 75.4 cm³/mol. The van der Waals surface area contributed by atoms with Crippen LogP contribution in [0.5, 0.6) is 0 Å². The van der Waals surface area contributed by atoms with Gasteiger partial charge >= 0.3 is 0 Å². The first-order valence-electron chi connectivity index (χ1n) is 6.55. The van der Waals surface area contributed by atoms with E-state index in [-0.39, 0.29) is 11.4 Å². The predicted octanol–water partition coefficient (Wildman–Crippen LogP) is 2.69. The number of halogens is 1. The van der Waals surface area contributed by atoms with E-state index in [0.717, 1.165) is 31.6 Å². The Balaban J connectivity index is 2.23. The van der Waals surface area contributed by atoms with Gasteiger partial charge in [-0.3, -0.25) is 0 Å². The van der Waals surface area contributed by atoms with Gasteiger partial charge in [-0.2, -0.15) is 0 Å². The van der Waals surface area contributed by atoms with Crippen LogP contribution in [-0.4, -0.2) is 37.1 Å². The van der Waals surface area contributed by atoms with E-state index in [1.807, 2.05) is 6.07 Å². The van der Waals surface area contributed by atoms with Gasteiger partial charge in [-0.15, -0.1) is 0 Å². The third kappa shape index (κ3) is 6.72. The molecule has 0 aliphatic heterocycles. The second-order valence-electron chi connectivity index (χ2n) is 5.86. The molecule has 102 valence electrons. The van der Waals surface area contributed by atoms with Crippen LogP contribution in [0.3, 0.4) is 0 Å². The Kier molecular flexibility index (Phi) is 5.76. The Morgan fingerprint density at radius 3 is 2.56 bits per heavy atom. The van der Waals surface area contributed by atoms with Gasteiger partial charge in [-0.25, -0.2) is 4.39 Å². The summed E-state index contributed by atoms with van der Waals surface area (Å²) in [5.74, 6) is -0.149. The normalized spacial score (nSPS) is 12.1. The summed E-state index contributed by atoms with van der Waals surface area (Å²) in [6.45, 7) is 9.43. The lowest BCUT2D eigenvalue weighted by atomic mass is 10.1. The van der Waals surface area contributed by atoms with Crippen molar-refractivity contribution in [2.45, 2.75) is 32.7 Å². The first-order valence-corrected chi connectivity index (χ1v) is 6.55. The number of benzene rings is 1. The summed E-state index contributed by atoms with van der Waals surface area (Å²) >= 11 is 0. The quantitative estimate of drug-likeness (QED) is 0.837. The lowest BCUT2D eigenvalue weighted by Gasteiger charge is -2.23. The topological polar surface area (TPSA) is 15.3 Å². The second-order valence-corrected chi connectivity index (χ2v) is 5.86. The number of rotatable bonds is 6.